The summed E-state index contributed by atoms with van der Waals surface area (Å²) >= 11 is 0. The summed E-state index contributed by atoms with van der Waals surface area (Å²) in [6, 6.07) is 6.15. The third kappa shape index (κ3) is 4.13. The zero-order chi connectivity index (χ0) is 19.6. The van der Waals surface area contributed by atoms with E-state index >= 15 is 0 Å². The van der Waals surface area contributed by atoms with Crippen LogP contribution in [-0.2, 0) is 4.79 Å². The van der Waals surface area contributed by atoms with Gasteiger partial charge in [-0.25, -0.2) is 0 Å². The van der Waals surface area contributed by atoms with Crippen LogP contribution in [-0.4, -0.2) is 34.9 Å². The Bertz CT molecular complexity index is 884. The lowest BCUT2D eigenvalue weighted by Crippen LogP contribution is -2.38. The second-order valence-corrected chi connectivity index (χ2v) is 6.59. The van der Waals surface area contributed by atoms with E-state index in [4.69, 9.17) is 4.52 Å². The molecule has 0 atom stereocenters. The molecule has 9 nitrogen and oxygen atoms in total. The molecule has 0 unspecified atom stereocenters. The van der Waals surface area contributed by atoms with Crippen LogP contribution in [0.1, 0.15) is 35.9 Å². The molecule has 1 saturated heterocycles. The fraction of sp³-hybridized carbons (Fsp3) is 0.389. The van der Waals surface area contributed by atoms with Gasteiger partial charge in [0.15, 0.2) is 11.6 Å². The monoisotopic (exact) mass is 372 g/mol. The standard InChI is InChI=1S/C18H20N4O5/c1-11-9-17(20-27-11)19-18(24)13-5-7-21(8-6-13)15-4-3-14(12(2)23)10-16(15)22(25)26/h3-4,9-10,13H,5-8H2,1-2H3,(H,19,20,24). The minimum atomic E-state index is -0.479. The highest BCUT2D eigenvalue weighted by molar-refractivity contribution is 5.95. The Hall–Kier alpha value is -3.23. The summed E-state index contributed by atoms with van der Waals surface area (Å²) in [6.45, 7) is 4.14. The van der Waals surface area contributed by atoms with Crippen LogP contribution in [0, 0.1) is 23.0 Å². The van der Waals surface area contributed by atoms with Crippen LogP contribution in [0.4, 0.5) is 17.2 Å². The summed E-state index contributed by atoms with van der Waals surface area (Å²) in [5.41, 5.74) is 0.683. The number of piperidine rings is 1. The van der Waals surface area contributed by atoms with E-state index in [0.717, 1.165) is 0 Å². The van der Waals surface area contributed by atoms with Gasteiger partial charge in [0.2, 0.25) is 5.91 Å². The van der Waals surface area contributed by atoms with Gasteiger partial charge in [-0.1, -0.05) is 5.16 Å². The van der Waals surface area contributed by atoms with Crippen LogP contribution in [0.15, 0.2) is 28.8 Å². The van der Waals surface area contributed by atoms with E-state index in [9.17, 15) is 19.7 Å². The van der Waals surface area contributed by atoms with Crippen LogP contribution in [0.5, 0.6) is 0 Å². The molecule has 0 saturated carbocycles. The first-order valence-corrected chi connectivity index (χ1v) is 8.63. The summed E-state index contributed by atoms with van der Waals surface area (Å²) in [4.78, 5) is 36.6. The van der Waals surface area contributed by atoms with Crippen molar-refractivity contribution in [3.63, 3.8) is 0 Å². The second-order valence-electron chi connectivity index (χ2n) is 6.59. The van der Waals surface area contributed by atoms with E-state index in [0.29, 0.717) is 48.8 Å². The van der Waals surface area contributed by atoms with Gasteiger partial charge in [-0.2, -0.15) is 0 Å². The molecule has 1 aromatic heterocycles. The van der Waals surface area contributed by atoms with Crippen LogP contribution >= 0.6 is 0 Å². The fourth-order valence-electron chi connectivity index (χ4n) is 3.19. The number of hydrogen-bond acceptors (Lipinski definition) is 7. The van der Waals surface area contributed by atoms with Crippen molar-refractivity contribution in [1.82, 2.24) is 5.16 Å². The van der Waals surface area contributed by atoms with Crippen molar-refractivity contribution >= 4 is 28.9 Å². The Balaban J connectivity index is 1.67. The molecule has 3 rings (SSSR count). The summed E-state index contributed by atoms with van der Waals surface area (Å²) in [5, 5.41) is 17.9. The summed E-state index contributed by atoms with van der Waals surface area (Å²) in [6.07, 6.45) is 1.13. The van der Waals surface area contributed by atoms with Crippen molar-refractivity contribution in [2.24, 2.45) is 5.92 Å². The number of Topliss-reactive ketones (excluding diaryl/α,β-unsaturated/α-hetero) is 1. The Kier molecular flexibility index (Phi) is 5.20. The highest BCUT2D eigenvalue weighted by Crippen LogP contribution is 2.32. The van der Waals surface area contributed by atoms with Crippen molar-refractivity contribution in [2.75, 3.05) is 23.3 Å². The molecule has 0 aliphatic carbocycles. The molecule has 1 aromatic carbocycles. The average Bonchev–Trinajstić information content (AvgIpc) is 3.06. The predicted molar refractivity (Wildman–Crippen MR) is 97.9 cm³/mol. The van der Waals surface area contributed by atoms with Crippen molar-refractivity contribution in [3.05, 3.63) is 45.7 Å². The largest absolute Gasteiger partial charge is 0.366 e. The number of carbonyl (C=O) groups is 2. The molecule has 0 bridgehead atoms. The third-order valence-electron chi connectivity index (χ3n) is 4.66. The maximum atomic E-state index is 12.4. The van der Waals surface area contributed by atoms with Gasteiger partial charge in [0.25, 0.3) is 5.69 Å². The molecule has 1 aliphatic heterocycles. The second kappa shape index (κ2) is 7.56. The molecule has 142 valence electrons. The molecule has 1 fully saturated rings. The number of nitro benzene ring substituents is 1. The number of rotatable bonds is 5. The van der Waals surface area contributed by atoms with E-state index < -0.39 is 4.92 Å². The minimum Gasteiger partial charge on any atom is -0.366 e. The number of carbonyl (C=O) groups excluding carboxylic acids is 2. The Morgan fingerprint density at radius 2 is 2.00 bits per heavy atom. The molecule has 0 radical (unpaired) electrons. The van der Waals surface area contributed by atoms with Gasteiger partial charge in [-0.3, -0.25) is 19.7 Å². The molecule has 1 N–H and O–H groups in total. The third-order valence-corrected chi connectivity index (χ3v) is 4.66. The fourth-order valence-corrected chi connectivity index (χ4v) is 3.19. The van der Waals surface area contributed by atoms with E-state index in [2.05, 4.69) is 10.5 Å². The maximum Gasteiger partial charge on any atom is 0.293 e. The van der Waals surface area contributed by atoms with Gasteiger partial charge in [-0.15, -0.1) is 0 Å². The van der Waals surface area contributed by atoms with Crippen LogP contribution < -0.4 is 10.2 Å². The lowest BCUT2D eigenvalue weighted by Gasteiger charge is -2.32. The Morgan fingerprint density at radius 3 is 2.56 bits per heavy atom. The van der Waals surface area contributed by atoms with E-state index in [1.807, 2.05) is 4.90 Å². The smallest absolute Gasteiger partial charge is 0.293 e. The lowest BCUT2D eigenvalue weighted by molar-refractivity contribution is -0.384. The molecule has 1 aliphatic rings. The molecule has 1 amide bonds. The van der Waals surface area contributed by atoms with Crippen molar-refractivity contribution in [3.8, 4) is 0 Å². The van der Waals surface area contributed by atoms with Crippen LogP contribution in [0.2, 0.25) is 0 Å². The topological polar surface area (TPSA) is 119 Å². The quantitative estimate of drug-likeness (QED) is 0.487. The predicted octanol–water partition coefficient (Wildman–Crippen LogP) is 2.95. The molecule has 2 heterocycles. The first-order valence-electron chi connectivity index (χ1n) is 8.63. The molecular formula is C18H20N4O5. The molecular weight excluding hydrogens is 352 g/mol. The van der Waals surface area contributed by atoms with E-state index in [1.54, 1.807) is 25.1 Å². The van der Waals surface area contributed by atoms with Crippen molar-refractivity contribution in [2.45, 2.75) is 26.7 Å². The Morgan fingerprint density at radius 1 is 1.30 bits per heavy atom. The Labute approximate surface area is 155 Å². The summed E-state index contributed by atoms with van der Waals surface area (Å²) in [7, 11) is 0. The summed E-state index contributed by atoms with van der Waals surface area (Å²) < 4.78 is 4.93. The molecule has 27 heavy (non-hydrogen) atoms. The van der Waals surface area contributed by atoms with Crippen molar-refractivity contribution < 1.29 is 19.0 Å². The van der Waals surface area contributed by atoms with Crippen LogP contribution in [0.25, 0.3) is 0 Å². The number of nitro groups is 1. The van der Waals surface area contributed by atoms with E-state index in [-0.39, 0.29) is 23.3 Å². The van der Waals surface area contributed by atoms with Crippen molar-refractivity contribution in [1.29, 1.82) is 0 Å². The first-order chi connectivity index (χ1) is 12.8. The van der Waals surface area contributed by atoms with Gasteiger partial charge in [0.05, 0.1) is 4.92 Å². The molecule has 9 heteroatoms. The van der Waals surface area contributed by atoms with E-state index in [1.165, 1.54) is 13.0 Å². The first kappa shape index (κ1) is 18.6. The van der Waals surface area contributed by atoms with Gasteiger partial charge in [-0.05, 0) is 38.8 Å². The van der Waals surface area contributed by atoms with Gasteiger partial charge in [0, 0.05) is 36.7 Å². The number of aromatic nitrogens is 1. The number of hydrogen-bond donors (Lipinski definition) is 1. The molecule has 0 spiro atoms. The average molecular weight is 372 g/mol. The number of nitrogens with zero attached hydrogens (tertiary/aromatic N) is 3. The SMILES string of the molecule is CC(=O)c1ccc(N2CCC(C(=O)Nc3cc(C)on3)CC2)c([N+](=O)[O-])c1. The van der Waals surface area contributed by atoms with Crippen LogP contribution in [0.3, 0.4) is 0 Å². The number of nitrogens with one attached hydrogen (secondary N) is 1. The van der Waals surface area contributed by atoms with Gasteiger partial charge in [0.1, 0.15) is 11.4 Å². The zero-order valence-electron chi connectivity index (χ0n) is 15.1. The highest BCUT2D eigenvalue weighted by Gasteiger charge is 2.29. The summed E-state index contributed by atoms with van der Waals surface area (Å²) in [5.74, 6) is 0.443. The number of benzene rings is 1. The number of amides is 1. The highest BCUT2D eigenvalue weighted by atomic mass is 16.6. The number of aryl methyl sites for hydroxylation is 1. The van der Waals surface area contributed by atoms with Gasteiger partial charge >= 0.3 is 0 Å². The maximum absolute atomic E-state index is 12.4. The number of anilines is 2. The van der Waals surface area contributed by atoms with Gasteiger partial charge < -0.3 is 14.7 Å². The molecule has 2 aromatic rings. The number of ketones is 1. The zero-order valence-corrected chi connectivity index (χ0v) is 15.1. The lowest BCUT2D eigenvalue weighted by atomic mass is 9.95. The normalized spacial score (nSPS) is 14.8. The minimum absolute atomic E-state index is 0.0938.